The van der Waals surface area contributed by atoms with Gasteiger partial charge >= 0.3 is 0 Å². The van der Waals surface area contributed by atoms with E-state index in [0.717, 1.165) is 56.2 Å². The third kappa shape index (κ3) is 3.52. The van der Waals surface area contributed by atoms with Crippen LogP contribution in [0.4, 0.5) is 0 Å². The zero-order chi connectivity index (χ0) is 17.9. The van der Waals surface area contributed by atoms with Crippen molar-refractivity contribution in [3.8, 4) is 0 Å². The summed E-state index contributed by atoms with van der Waals surface area (Å²) in [5.74, 6) is -0.0476. The first kappa shape index (κ1) is 17.2. The van der Waals surface area contributed by atoms with Gasteiger partial charge in [-0.05, 0) is 19.0 Å². The first-order valence-corrected chi connectivity index (χ1v) is 9.55. The maximum Gasteiger partial charge on any atom is 0.243 e. The minimum Gasteiger partial charge on any atom is -0.349 e. The van der Waals surface area contributed by atoms with Crippen molar-refractivity contribution in [3.05, 3.63) is 35.2 Å². The van der Waals surface area contributed by atoms with Gasteiger partial charge in [0.2, 0.25) is 5.91 Å². The minimum absolute atomic E-state index is 0.0476. The van der Waals surface area contributed by atoms with Crippen molar-refractivity contribution in [2.75, 3.05) is 19.6 Å². The second-order valence-electron chi connectivity index (χ2n) is 7.10. The van der Waals surface area contributed by atoms with Crippen molar-refractivity contribution >= 4 is 5.91 Å². The topological polar surface area (TPSA) is 90.9 Å². The summed E-state index contributed by atoms with van der Waals surface area (Å²) in [5.41, 5.74) is 4.02. The zero-order valence-electron chi connectivity index (χ0n) is 15.3. The second-order valence-corrected chi connectivity index (χ2v) is 7.10. The smallest absolute Gasteiger partial charge is 0.243 e. The Kier molecular flexibility index (Phi) is 5.03. The Balaban J connectivity index is 1.35. The third-order valence-corrected chi connectivity index (χ3v) is 5.21. The number of carbonyl (C=O) groups is 1. The van der Waals surface area contributed by atoms with Crippen molar-refractivity contribution in [3.63, 3.8) is 0 Å². The lowest BCUT2D eigenvalue weighted by Crippen LogP contribution is -2.41. The van der Waals surface area contributed by atoms with E-state index >= 15 is 0 Å². The summed E-state index contributed by atoms with van der Waals surface area (Å²) in [6, 6.07) is 1.74. The number of nitrogens with zero attached hydrogens (tertiary/aromatic N) is 4. The van der Waals surface area contributed by atoms with E-state index in [0.29, 0.717) is 6.54 Å². The molecule has 0 aromatic carbocycles. The van der Waals surface area contributed by atoms with Gasteiger partial charge in [0.25, 0.3) is 0 Å². The largest absolute Gasteiger partial charge is 0.349 e. The Hall–Kier alpha value is -2.19. The Morgan fingerprint density at radius 2 is 2.35 bits per heavy atom. The maximum absolute atomic E-state index is 12.6. The molecule has 0 bridgehead atoms. The minimum atomic E-state index is -0.383. The molecule has 3 N–H and O–H groups in total. The van der Waals surface area contributed by atoms with Crippen molar-refractivity contribution in [1.82, 2.24) is 35.3 Å². The summed E-state index contributed by atoms with van der Waals surface area (Å²) in [5, 5.41) is 10.9. The molecule has 140 valence electrons. The molecule has 0 saturated heterocycles. The first-order valence-electron chi connectivity index (χ1n) is 9.55. The molecule has 2 aromatic rings. The fraction of sp³-hybridized carbons (Fsp3) is 0.611. The van der Waals surface area contributed by atoms with Gasteiger partial charge in [0.05, 0.1) is 36.5 Å². The summed E-state index contributed by atoms with van der Waals surface area (Å²) < 4.78 is 2.08. The van der Waals surface area contributed by atoms with Gasteiger partial charge in [-0.2, -0.15) is 5.10 Å². The van der Waals surface area contributed by atoms with Crippen LogP contribution in [0.3, 0.4) is 0 Å². The average Bonchev–Trinajstić information content (AvgIpc) is 3.29. The number of H-pyrrole nitrogens is 1. The van der Waals surface area contributed by atoms with Crippen molar-refractivity contribution in [2.24, 2.45) is 0 Å². The van der Waals surface area contributed by atoms with Gasteiger partial charge < -0.3 is 15.6 Å². The lowest BCUT2D eigenvalue weighted by Gasteiger charge is -2.27. The van der Waals surface area contributed by atoms with Crippen LogP contribution in [0.2, 0.25) is 0 Å². The van der Waals surface area contributed by atoms with Gasteiger partial charge in [0.1, 0.15) is 6.04 Å². The standard InChI is InChI=1S/C18H27N7O/c1-2-3-6-24-7-8-25-14(11-24)9-13(23-25)10-20-18(26)17-16-15(4-5-19-17)21-12-22-16/h9,12,17,19H,2-8,10-11H2,1H3,(H,20,26)(H,21,22)/t17-/m0/s1. The van der Waals surface area contributed by atoms with Gasteiger partial charge in [0.15, 0.2) is 0 Å². The molecule has 0 saturated carbocycles. The summed E-state index contributed by atoms with van der Waals surface area (Å²) in [4.78, 5) is 22.5. The number of rotatable bonds is 6. The molecule has 0 fully saturated rings. The predicted octanol–water partition coefficient (Wildman–Crippen LogP) is 0.725. The summed E-state index contributed by atoms with van der Waals surface area (Å²) >= 11 is 0. The van der Waals surface area contributed by atoms with E-state index in [4.69, 9.17) is 0 Å². The predicted molar refractivity (Wildman–Crippen MR) is 97.3 cm³/mol. The van der Waals surface area contributed by atoms with Crippen LogP contribution in [-0.4, -0.2) is 50.2 Å². The molecule has 1 atom stereocenters. The molecule has 8 nitrogen and oxygen atoms in total. The Morgan fingerprint density at radius 3 is 3.23 bits per heavy atom. The molecule has 4 rings (SSSR count). The van der Waals surface area contributed by atoms with Gasteiger partial charge in [-0.1, -0.05) is 13.3 Å². The summed E-state index contributed by atoms with van der Waals surface area (Å²) in [7, 11) is 0. The van der Waals surface area contributed by atoms with Gasteiger partial charge in [-0.25, -0.2) is 4.98 Å². The highest BCUT2D eigenvalue weighted by Crippen LogP contribution is 2.19. The number of nitrogens with one attached hydrogen (secondary N) is 3. The van der Waals surface area contributed by atoms with Crippen LogP contribution in [0.1, 0.15) is 48.6 Å². The molecular weight excluding hydrogens is 330 g/mol. The van der Waals surface area contributed by atoms with Gasteiger partial charge in [-0.15, -0.1) is 0 Å². The van der Waals surface area contributed by atoms with E-state index in [-0.39, 0.29) is 11.9 Å². The fourth-order valence-corrected chi connectivity index (χ4v) is 3.75. The van der Waals surface area contributed by atoms with E-state index in [2.05, 4.69) is 48.3 Å². The second kappa shape index (κ2) is 7.59. The Labute approximate surface area is 153 Å². The van der Waals surface area contributed by atoms with E-state index < -0.39 is 0 Å². The van der Waals surface area contributed by atoms with Crippen molar-refractivity contribution in [1.29, 1.82) is 0 Å². The van der Waals surface area contributed by atoms with Crippen LogP contribution in [0.25, 0.3) is 0 Å². The zero-order valence-corrected chi connectivity index (χ0v) is 15.3. The number of fused-ring (bicyclic) bond motifs is 2. The lowest BCUT2D eigenvalue weighted by atomic mass is 10.1. The number of hydrogen-bond donors (Lipinski definition) is 3. The van der Waals surface area contributed by atoms with Crippen LogP contribution in [-0.2, 0) is 30.8 Å². The highest BCUT2D eigenvalue weighted by atomic mass is 16.2. The Morgan fingerprint density at radius 1 is 1.42 bits per heavy atom. The molecule has 2 aliphatic rings. The number of hydrogen-bond acceptors (Lipinski definition) is 5. The molecule has 4 heterocycles. The maximum atomic E-state index is 12.6. The van der Waals surface area contributed by atoms with Crippen molar-refractivity contribution in [2.45, 2.75) is 51.9 Å². The third-order valence-electron chi connectivity index (χ3n) is 5.21. The molecular formula is C18H27N7O. The number of imidazole rings is 1. The molecule has 0 unspecified atom stereocenters. The highest BCUT2D eigenvalue weighted by Gasteiger charge is 2.28. The van der Waals surface area contributed by atoms with Gasteiger partial charge in [0, 0.05) is 31.7 Å². The average molecular weight is 357 g/mol. The summed E-state index contributed by atoms with van der Waals surface area (Å²) in [6.07, 6.45) is 4.99. The normalized spacial score (nSPS) is 19.8. The lowest BCUT2D eigenvalue weighted by molar-refractivity contribution is -0.123. The van der Waals surface area contributed by atoms with Crippen LogP contribution in [0.15, 0.2) is 12.4 Å². The molecule has 0 radical (unpaired) electrons. The van der Waals surface area contributed by atoms with E-state index in [1.807, 2.05) is 0 Å². The van der Waals surface area contributed by atoms with E-state index in [1.165, 1.54) is 18.5 Å². The number of aromatic amines is 1. The van der Waals surface area contributed by atoms with Crippen molar-refractivity contribution < 1.29 is 4.79 Å². The molecule has 0 aliphatic carbocycles. The number of carbonyl (C=O) groups excluding carboxylic acids is 1. The SMILES string of the molecule is CCCCN1CCn2nc(CNC(=O)[C@H]3NCCc4[nH]cnc43)cc2C1. The van der Waals surface area contributed by atoms with Gasteiger partial charge in [-0.3, -0.25) is 14.4 Å². The monoisotopic (exact) mass is 357 g/mol. The van der Waals surface area contributed by atoms with E-state index in [1.54, 1.807) is 6.33 Å². The van der Waals surface area contributed by atoms with E-state index in [9.17, 15) is 4.79 Å². The number of amides is 1. The number of unbranched alkanes of at least 4 members (excludes halogenated alkanes) is 1. The molecule has 26 heavy (non-hydrogen) atoms. The van der Waals surface area contributed by atoms with Crippen LogP contribution < -0.4 is 10.6 Å². The highest BCUT2D eigenvalue weighted by molar-refractivity contribution is 5.83. The molecule has 2 aliphatic heterocycles. The van der Waals surface area contributed by atoms with Crippen LogP contribution in [0, 0.1) is 0 Å². The Bertz CT molecular complexity index is 765. The fourth-order valence-electron chi connectivity index (χ4n) is 3.75. The quantitative estimate of drug-likeness (QED) is 0.709. The summed E-state index contributed by atoms with van der Waals surface area (Å²) in [6.45, 7) is 7.52. The molecule has 0 spiro atoms. The first-order chi connectivity index (χ1) is 12.7. The van der Waals surface area contributed by atoms with Crippen LogP contribution in [0.5, 0.6) is 0 Å². The number of aromatic nitrogens is 4. The molecule has 8 heteroatoms. The van der Waals surface area contributed by atoms with Crippen LogP contribution >= 0.6 is 0 Å². The molecule has 1 amide bonds. The molecule has 2 aromatic heterocycles.